The molecule has 230 valence electrons. The number of nitrogens with two attached hydrogens (primary N) is 1. The van der Waals surface area contributed by atoms with Gasteiger partial charge >= 0.3 is 0 Å². The predicted octanol–water partition coefficient (Wildman–Crippen LogP) is 0.784. The van der Waals surface area contributed by atoms with Crippen LogP contribution in [0.15, 0.2) is 4.99 Å². The molecule has 0 aliphatic carbocycles. The van der Waals surface area contributed by atoms with Crippen molar-refractivity contribution in [2.24, 2.45) is 33.9 Å². The van der Waals surface area contributed by atoms with Gasteiger partial charge in [0.2, 0.25) is 17.7 Å². The summed E-state index contributed by atoms with van der Waals surface area (Å²) in [6, 6.07) is -0.129. The molecular formula is C29H55N7O4. The highest BCUT2D eigenvalue weighted by molar-refractivity contribution is 5.94. The number of amides is 3. The van der Waals surface area contributed by atoms with Crippen molar-refractivity contribution in [1.29, 1.82) is 0 Å². The minimum absolute atomic E-state index is 0.00548. The van der Waals surface area contributed by atoms with E-state index < -0.39 is 12.1 Å². The summed E-state index contributed by atoms with van der Waals surface area (Å²) in [6.45, 7) is 17.9. The fourth-order valence-corrected chi connectivity index (χ4v) is 5.21. The first-order chi connectivity index (χ1) is 18.8. The molecule has 0 aromatic carbocycles. The van der Waals surface area contributed by atoms with Crippen molar-refractivity contribution in [2.45, 2.75) is 66.6 Å². The van der Waals surface area contributed by atoms with Gasteiger partial charge in [0.05, 0.1) is 12.1 Å². The van der Waals surface area contributed by atoms with Crippen LogP contribution in [0.4, 0.5) is 0 Å². The van der Waals surface area contributed by atoms with Gasteiger partial charge in [-0.25, -0.2) is 0 Å². The number of hydrogen-bond acceptors (Lipinski definition) is 8. The molecule has 11 heteroatoms. The van der Waals surface area contributed by atoms with Gasteiger partial charge in [-0.05, 0) is 30.7 Å². The largest absolute Gasteiger partial charge is 0.385 e. The van der Waals surface area contributed by atoms with E-state index in [1.807, 2.05) is 9.80 Å². The van der Waals surface area contributed by atoms with Crippen LogP contribution in [-0.4, -0.2) is 123 Å². The van der Waals surface area contributed by atoms with Crippen LogP contribution in [0.5, 0.6) is 0 Å². The Morgan fingerprint density at radius 1 is 1.15 bits per heavy atom. The second kappa shape index (κ2) is 16.4. The average Bonchev–Trinajstić information content (AvgIpc) is 2.90. The van der Waals surface area contributed by atoms with Crippen LogP contribution < -0.4 is 16.4 Å². The van der Waals surface area contributed by atoms with Crippen LogP contribution >= 0.6 is 0 Å². The van der Waals surface area contributed by atoms with Crippen LogP contribution in [0.1, 0.15) is 54.4 Å². The molecule has 2 aliphatic rings. The Labute approximate surface area is 241 Å². The first kappa shape index (κ1) is 34.1. The topological polar surface area (TPSA) is 133 Å². The standard InChI is InChI=1S/C29H55N7O4/c1-21(2)19-36(28(39)25(18-32-20-29(4,5)6)26(30)33-9-8-14-40-7)24-15-23(16-31-17-24)27(38)35-12-10-34(11-13-35)22(3)37/h18,21,23-26,31,33H,8-17,19-20,30H2,1-7H3/t23-,24+,25?,26?/m1/s1. The Hall–Kier alpha value is -2.08. The summed E-state index contributed by atoms with van der Waals surface area (Å²) >= 11 is 0. The Kier molecular flexibility index (Phi) is 14.0. The van der Waals surface area contributed by atoms with Crippen molar-refractivity contribution in [1.82, 2.24) is 25.3 Å². The fraction of sp³-hybridized carbons (Fsp3) is 0.862. The molecule has 4 N–H and O–H groups in total. The minimum Gasteiger partial charge on any atom is -0.385 e. The number of carbonyl (C=O) groups is 3. The van der Waals surface area contributed by atoms with E-state index in [9.17, 15) is 14.4 Å². The van der Waals surface area contributed by atoms with Crippen LogP contribution in [0.25, 0.3) is 0 Å². The van der Waals surface area contributed by atoms with Crippen LogP contribution in [-0.2, 0) is 19.1 Å². The van der Waals surface area contributed by atoms with Crippen molar-refractivity contribution >= 4 is 23.9 Å². The average molecular weight is 566 g/mol. The number of nitrogens with zero attached hydrogens (tertiary/aromatic N) is 4. The zero-order valence-corrected chi connectivity index (χ0v) is 25.9. The lowest BCUT2D eigenvalue weighted by molar-refractivity contribution is -0.144. The highest BCUT2D eigenvalue weighted by atomic mass is 16.5. The van der Waals surface area contributed by atoms with Gasteiger partial charge in [0, 0.05) is 85.3 Å². The smallest absolute Gasteiger partial charge is 0.234 e. The summed E-state index contributed by atoms with van der Waals surface area (Å²) in [7, 11) is 1.66. The summed E-state index contributed by atoms with van der Waals surface area (Å²) in [6.07, 6.45) is 2.52. The van der Waals surface area contributed by atoms with E-state index >= 15 is 0 Å². The summed E-state index contributed by atoms with van der Waals surface area (Å²) < 4.78 is 5.15. The van der Waals surface area contributed by atoms with Gasteiger partial charge < -0.3 is 35.8 Å². The van der Waals surface area contributed by atoms with E-state index in [1.165, 1.54) is 0 Å². The molecular weight excluding hydrogens is 510 g/mol. The van der Waals surface area contributed by atoms with E-state index in [4.69, 9.17) is 10.5 Å². The quantitative estimate of drug-likeness (QED) is 0.171. The maximum Gasteiger partial charge on any atom is 0.234 e. The maximum atomic E-state index is 14.2. The molecule has 3 amide bonds. The van der Waals surface area contributed by atoms with E-state index in [2.05, 4.69) is 50.2 Å². The van der Waals surface area contributed by atoms with Crippen LogP contribution in [0, 0.1) is 23.2 Å². The van der Waals surface area contributed by atoms with Gasteiger partial charge in [0.1, 0.15) is 5.92 Å². The molecule has 0 bridgehead atoms. The molecule has 0 aromatic rings. The molecule has 2 heterocycles. The minimum atomic E-state index is -0.626. The lowest BCUT2D eigenvalue weighted by Gasteiger charge is -2.42. The highest BCUT2D eigenvalue weighted by Gasteiger charge is 2.38. The number of rotatable bonds is 13. The third-order valence-electron chi connectivity index (χ3n) is 7.41. The Balaban J connectivity index is 2.19. The zero-order valence-electron chi connectivity index (χ0n) is 25.9. The van der Waals surface area contributed by atoms with Crippen molar-refractivity contribution in [3.8, 4) is 0 Å². The second-order valence-electron chi connectivity index (χ2n) is 12.9. The Morgan fingerprint density at radius 3 is 2.38 bits per heavy atom. The monoisotopic (exact) mass is 565 g/mol. The molecule has 11 nitrogen and oxygen atoms in total. The van der Waals surface area contributed by atoms with Gasteiger partial charge in [-0.1, -0.05) is 34.6 Å². The molecule has 2 rings (SSSR count). The summed E-state index contributed by atoms with van der Waals surface area (Å²) in [5.74, 6) is -0.525. The first-order valence-corrected chi connectivity index (χ1v) is 14.9. The van der Waals surface area contributed by atoms with Crippen molar-refractivity contribution in [3.63, 3.8) is 0 Å². The number of carbonyl (C=O) groups excluding carboxylic acids is 3. The highest BCUT2D eigenvalue weighted by Crippen LogP contribution is 2.23. The lowest BCUT2D eigenvalue weighted by Crippen LogP contribution is -2.60. The second-order valence-corrected chi connectivity index (χ2v) is 12.9. The molecule has 4 atom stereocenters. The molecule has 0 spiro atoms. The Morgan fingerprint density at radius 2 is 1.80 bits per heavy atom. The molecule has 0 aromatic heterocycles. The zero-order chi connectivity index (χ0) is 29.9. The van der Waals surface area contributed by atoms with Crippen molar-refractivity contribution in [2.75, 3.05) is 72.6 Å². The Bertz CT molecular complexity index is 837. The lowest BCUT2D eigenvalue weighted by atomic mass is 9.91. The van der Waals surface area contributed by atoms with Crippen molar-refractivity contribution < 1.29 is 19.1 Å². The maximum absolute atomic E-state index is 14.2. The molecule has 40 heavy (non-hydrogen) atoms. The summed E-state index contributed by atoms with van der Waals surface area (Å²) in [5, 5.41) is 6.71. The number of ether oxygens (including phenoxy) is 1. The first-order valence-electron chi connectivity index (χ1n) is 14.9. The third-order valence-corrected chi connectivity index (χ3v) is 7.41. The van der Waals surface area contributed by atoms with Gasteiger partial charge in [-0.15, -0.1) is 0 Å². The van der Waals surface area contributed by atoms with Gasteiger partial charge in [-0.3, -0.25) is 19.4 Å². The molecule has 0 saturated carbocycles. The third kappa shape index (κ3) is 11.1. The molecule has 2 fully saturated rings. The van der Waals surface area contributed by atoms with E-state index in [1.54, 1.807) is 25.1 Å². The molecule has 2 saturated heterocycles. The number of nitrogens with one attached hydrogen (secondary N) is 2. The molecule has 2 aliphatic heterocycles. The van der Waals surface area contributed by atoms with E-state index in [-0.39, 0.29) is 41.0 Å². The number of hydrogen-bond donors (Lipinski definition) is 3. The SMILES string of the molecule is COCCCNC(N)C(C=NCC(C)(C)C)C(=O)N(CC(C)C)[C@@H]1CNC[C@H](C(=O)N2CCN(C(C)=O)CC2)C1. The van der Waals surface area contributed by atoms with Gasteiger partial charge in [-0.2, -0.15) is 0 Å². The molecule has 2 unspecified atom stereocenters. The van der Waals surface area contributed by atoms with Crippen LogP contribution in [0.2, 0.25) is 0 Å². The normalized spacial score (nSPS) is 22.0. The number of aliphatic imine (C=N–C) groups is 1. The summed E-state index contributed by atoms with van der Waals surface area (Å²) in [4.78, 5) is 49.5. The van der Waals surface area contributed by atoms with Gasteiger partial charge in [0.25, 0.3) is 0 Å². The van der Waals surface area contributed by atoms with Crippen molar-refractivity contribution in [3.05, 3.63) is 0 Å². The number of piperidine rings is 1. The van der Waals surface area contributed by atoms with E-state index in [0.29, 0.717) is 71.9 Å². The van der Waals surface area contributed by atoms with E-state index in [0.717, 1.165) is 6.42 Å². The number of methoxy groups -OCH3 is 1. The molecule has 0 radical (unpaired) electrons. The predicted molar refractivity (Wildman–Crippen MR) is 159 cm³/mol. The van der Waals surface area contributed by atoms with Gasteiger partial charge in [0.15, 0.2) is 0 Å². The fourth-order valence-electron chi connectivity index (χ4n) is 5.21. The number of piperazine rings is 1. The van der Waals surface area contributed by atoms with Crippen LogP contribution in [0.3, 0.4) is 0 Å². The summed E-state index contributed by atoms with van der Waals surface area (Å²) in [5.41, 5.74) is 6.55.